The van der Waals surface area contributed by atoms with Gasteiger partial charge in [0.05, 0.1) is 25.1 Å². The van der Waals surface area contributed by atoms with Crippen molar-refractivity contribution in [1.29, 1.82) is 0 Å². The van der Waals surface area contributed by atoms with E-state index in [1.165, 1.54) is 0 Å². The van der Waals surface area contributed by atoms with Crippen LogP contribution in [0.2, 0.25) is 25.1 Å². The molecular formula is C12H3Cl5F2O. The lowest BCUT2D eigenvalue weighted by Crippen LogP contribution is -1.91. The van der Waals surface area contributed by atoms with Gasteiger partial charge in [0, 0.05) is 17.2 Å². The van der Waals surface area contributed by atoms with E-state index in [0.717, 1.165) is 6.07 Å². The van der Waals surface area contributed by atoms with Crippen molar-refractivity contribution in [2.24, 2.45) is 0 Å². The first kappa shape index (κ1) is 15.9. The Morgan fingerprint density at radius 2 is 1.10 bits per heavy atom. The number of hydrogen-bond acceptors (Lipinski definition) is 1. The quantitative estimate of drug-likeness (QED) is 0.438. The third-order valence-electron chi connectivity index (χ3n) is 2.52. The molecule has 0 saturated heterocycles. The minimum atomic E-state index is -1.22. The molecule has 0 amide bonds. The van der Waals surface area contributed by atoms with Gasteiger partial charge in [0.25, 0.3) is 0 Å². The lowest BCUT2D eigenvalue weighted by Gasteiger charge is -2.14. The number of aromatic hydroxyl groups is 1. The molecule has 0 unspecified atom stereocenters. The van der Waals surface area contributed by atoms with Gasteiger partial charge in [-0.05, 0) is 6.07 Å². The highest BCUT2D eigenvalue weighted by Crippen LogP contribution is 2.50. The van der Waals surface area contributed by atoms with Crippen LogP contribution in [0.1, 0.15) is 0 Å². The van der Waals surface area contributed by atoms with Crippen LogP contribution < -0.4 is 0 Å². The number of benzene rings is 2. The van der Waals surface area contributed by atoms with Crippen LogP contribution in [0.25, 0.3) is 11.1 Å². The second-order valence-electron chi connectivity index (χ2n) is 3.73. The van der Waals surface area contributed by atoms with E-state index in [1.807, 2.05) is 0 Å². The summed E-state index contributed by atoms with van der Waals surface area (Å²) >= 11 is 29.5. The molecule has 0 saturated carbocycles. The Balaban J connectivity index is 2.87. The summed E-state index contributed by atoms with van der Waals surface area (Å²) in [6.07, 6.45) is 0. The van der Waals surface area contributed by atoms with Crippen LogP contribution in [0.3, 0.4) is 0 Å². The molecule has 2 aromatic carbocycles. The van der Waals surface area contributed by atoms with E-state index >= 15 is 0 Å². The predicted molar refractivity (Wildman–Crippen MR) is 78.5 cm³/mol. The zero-order valence-electron chi connectivity index (χ0n) is 9.25. The van der Waals surface area contributed by atoms with E-state index in [-0.39, 0.29) is 36.2 Å². The maximum Gasteiger partial charge on any atom is 0.162 e. The largest absolute Gasteiger partial charge is 0.507 e. The molecule has 0 radical (unpaired) electrons. The molecule has 2 rings (SSSR count). The summed E-state index contributed by atoms with van der Waals surface area (Å²) in [5, 5.41) is 9.17. The monoisotopic (exact) mass is 376 g/mol. The zero-order valence-corrected chi connectivity index (χ0v) is 13.0. The topological polar surface area (TPSA) is 20.2 Å². The fourth-order valence-corrected chi connectivity index (χ4v) is 2.92. The third kappa shape index (κ3) is 2.53. The summed E-state index contributed by atoms with van der Waals surface area (Å²) in [7, 11) is 0. The van der Waals surface area contributed by atoms with Gasteiger partial charge in [-0.3, -0.25) is 0 Å². The van der Waals surface area contributed by atoms with Crippen molar-refractivity contribution in [1.82, 2.24) is 0 Å². The van der Waals surface area contributed by atoms with Crippen LogP contribution in [0.15, 0.2) is 12.1 Å². The van der Waals surface area contributed by atoms with Crippen molar-refractivity contribution in [3.63, 3.8) is 0 Å². The van der Waals surface area contributed by atoms with E-state index in [9.17, 15) is 13.9 Å². The van der Waals surface area contributed by atoms with Gasteiger partial charge >= 0.3 is 0 Å². The van der Waals surface area contributed by atoms with Crippen LogP contribution in [0.5, 0.6) is 5.75 Å². The molecule has 0 heterocycles. The van der Waals surface area contributed by atoms with E-state index in [1.54, 1.807) is 0 Å². The molecule has 0 fully saturated rings. The van der Waals surface area contributed by atoms with Crippen LogP contribution in [-0.2, 0) is 0 Å². The third-order valence-corrected chi connectivity index (χ3v) is 4.79. The summed E-state index contributed by atoms with van der Waals surface area (Å²) in [6.45, 7) is 0. The summed E-state index contributed by atoms with van der Waals surface area (Å²) in [6, 6.07) is 1.33. The van der Waals surface area contributed by atoms with E-state index in [4.69, 9.17) is 58.0 Å². The fraction of sp³-hybridized carbons (Fsp3) is 0. The highest BCUT2D eigenvalue weighted by Gasteiger charge is 2.23. The summed E-state index contributed by atoms with van der Waals surface area (Å²) in [5.41, 5.74) is -0.191. The van der Waals surface area contributed by atoms with Crippen molar-refractivity contribution >= 4 is 58.0 Å². The van der Waals surface area contributed by atoms with Gasteiger partial charge in [-0.1, -0.05) is 58.0 Å². The Morgan fingerprint density at radius 1 is 0.700 bits per heavy atom. The Kier molecular flexibility index (Phi) is 4.57. The molecule has 0 bridgehead atoms. The molecule has 1 nitrogen and oxygen atoms in total. The number of halogens is 7. The van der Waals surface area contributed by atoms with Crippen LogP contribution in [0.4, 0.5) is 8.78 Å². The minimum absolute atomic E-state index is 0.0378. The first-order chi connectivity index (χ1) is 9.25. The normalized spacial score (nSPS) is 10.9. The second kappa shape index (κ2) is 5.74. The molecule has 106 valence electrons. The SMILES string of the molecule is Oc1cc(F)c(F)cc1-c1c(Cl)c(Cl)c(Cl)c(Cl)c1Cl. The Bertz CT molecular complexity index is 689. The average Bonchev–Trinajstić information content (AvgIpc) is 2.40. The maximum atomic E-state index is 13.3. The highest BCUT2D eigenvalue weighted by molar-refractivity contribution is 6.56. The number of phenols is 1. The van der Waals surface area contributed by atoms with Gasteiger partial charge in [-0.2, -0.15) is 0 Å². The summed E-state index contributed by atoms with van der Waals surface area (Å²) < 4.78 is 26.3. The molecule has 0 aliphatic carbocycles. The first-order valence-electron chi connectivity index (χ1n) is 4.95. The van der Waals surface area contributed by atoms with Gasteiger partial charge in [0.1, 0.15) is 5.75 Å². The maximum absolute atomic E-state index is 13.3. The Labute approximate surface area is 137 Å². The standard InChI is InChI=1S/C12H3Cl5F2O/c13-8-7(9(14)11(16)12(17)10(8)15)3-1-4(18)5(19)2-6(3)20/h1-2,20H. The molecule has 0 aliphatic rings. The van der Waals surface area contributed by atoms with Crippen LogP contribution in [0, 0.1) is 11.6 Å². The molecule has 20 heavy (non-hydrogen) atoms. The lowest BCUT2D eigenvalue weighted by molar-refractivity contribution is 0.457. The van der Waals surface area contributed by atoms with Gasteiger partial charge in [-0.25, -0.2) is 8.78 Å². The fourth-order valence-electron chi connectivity index (χ4n) is 1.58. The van der Waals surface area contributed by atoms with Crippen molar-refractivity contribution in [2.75, 3.05) is 0 Å². The van der Waals surface area contributed by atoms with Crippen LogP contribution >= 0.6 is 58.0 Å². The van der Waals surface area contributed by atoms with Gasteiger partial charge in [0.15, 0.2) is 11.6 Å². The molecule has 1 N–H and O–H groups in total. The number of rotatable bonds is 1. The van der Waals surface area contributed by atoms with Crippen molar-refractivity contribution in [3.8, 4) is 16.9 Å². The molecule has 0 spiro atoms. The molecule has 2 aromatic rings. The van der Waals surface area contributed by atoms with Crippen molar-refractivity contribution in [2.45, 2.75) is 0 Å². The Morgan fingerprint density at radius 3 is 1.60 bits per heavy atom. The van der Waals surface area contributed by atoms with Gasteiger partial charge < -0.3 is 5.11 Å². The smallest absolute Gasteiger partial charge is 0.162 e. The van der Waals surface area contributed by atoms with Crippen LogP contribution in [-0.4, -0.2) is 5.11 Å². The minimum Gasteiger partial charge on any atom is -0.507 e. The first-order valence-corrected chi connectivity index (χ1v) is 6.84. The van der Waals surface area contributed by atoms with E-state index in [0.29, 0.717) is 6.07 Å². The molecule has 8 heteroatoms. The highest BCUT2D eigenvalue weighted by atomic mass is 35.5. The summed E-state index contributed by atoms with van der Waals surface area (Å²) in [4.78, 5) is 0. The van der Waals surface area contributed by atoms with Crippen molar-refractivity contribution in [3.05, 3.63) is 48.9 Å². The Hall–Kier alpha value is -0.450. The zero-order chi connectivity index (χ0) is 15.2. The molecular weight excluding hydrogens is 375 g/mol. The average molecular weight is 378 g/mol. The molecule has 0 aromatic heterocycles. The van der Waals surface area contributed by atoms with Gasteiger partial charge in [0.2, 0.25) is 0 Å². The molecule has 0 aliphatic heterocycles. The summed E-state index contributed by atoms with van der Waals surface area (Å²) in [5.74, 6) is -2.97. The van der Waals surface area contributed by atoms with Crippen molar-refractivity contribution < 1.29 is 13.9 Å². The second-order valence-corrected chi connectivity index (χ2v) is 5.62. The number of hydrogen-bond donors (Lipinski definition) is 1. The predicted octanol–water partition coefficient (Wildman–Crippen LogP) is 6.60. The number of phenolic OH excluding ortho intramolecular Hbond substituents is 1. The van der Waals surface area contributed by atoms with E-state index < -0.39 is 17.4 Å². The molecule has 0 atom stereocenters. The van der Waals surface area contributed by atoms with E-state index in [2.05, 4.69) is 0 Å². The lowest BCUT2D eigenvalue weighted by atomic mass is 10.0. The van der Waals surface area contributed by atoms with Gasteiger partial charge in [-0.15, -0.1) is 0 Å².